The molecule has 0 atom stereocenters. The summed E-state index contributed by atoms with van der Waals surface area (Å²) in [5.74, 6) is 0.810. The molecule has 0 unspecified atom stereocenters. The summed E-state index contributed by atoms with van der Waals surface area (Å²) in [6.45, 7) is 2.94. The molecule has 1 aliphatic heterocycles. The summed E-state index contributed by atoms with van der Waals surface area (Å²) in [7, 11) is 0. The molecule has 0 bridgehead atoms. The van der Waals surface area contributed by atoms with E-state index in [-0.39, 0.29) is 6.03 Å². The lowest BCUT2D eigenvalue weighted by Crippen LogP contribution is -2.38. The molecule has 9 heteroatoms. The van der Waals surface area contributed by atoms with Crippen molar-refractivity contribution < 1.29 is 4.79 Å². The summed E-state index contributed by atoms with van der Waals surface area (Å²) < 4.78 is 5.39. The molecule has 2 amide bonds. The van der Waals surface area contributed by atoms with Gasteiger partial charge in [-0.3, -0.25) is 0 Å². The van der Waals surface area contributed by atoms with Crippen LogP contribution in [0.25, 0.3) is 0 Å². The maximum Gasteiger partial charge on any atom is 0.321 e. The number of rotatable bonds is 4. The van der Waals surface area contributed by atoms with Crippen LogP contribution in [0.4, 0.5) is 15.6 Å². The van der Waals surface area contributed by atoms with Gasteiger partial charge in [0.1, 0.15) is 5.82 Å². The minimum atomic E-state index is -0.0792. The Morgan fingerprint density at radius 1 is 1.10 bits per heavy atom. The molecule has 0 spiro atoms. The number of benzene rings is 2. The molecule has 1 saturated heterocycles. The van der Waals surface area contributed by atoms with E-state index in [0.717, 1.165) is 51.2 Å². The zero-order chi connectivity index (χ0) is 20.9. The molecule has 2 heterocycles. The Labute approximate surface area is 193 Å². The Balaban J connectivity index is 1.35. The number of nitrogens with one attached hydrogen (secondary N) is 1. The highest BCUT2D eigenvalue weighted by molar-refractivity contribution is 9.10. The smallest absolute Gasteiger partial charge is 0.321 e. The van der Waals surface area contributed by atoms with Crippen LogP contribution >= 0.6 is 39.1 Å². The third kappa shape index (κ3) is 5.30. The Bertz CT molecular complexity index is 1010. The van der Waals surface area contributed by atoms with E-state index in [4.69, 9.17) is 16.6 Å². The summed E-state index contributed by atoms with van der Waals surface area (Å²) in [4.78, 5) is 21.5. The number of nitrogens with zero attached hydrogens (tertiary/aromatic N) is 4. The van der Waals surface area contributed by atoms with Crippen molar-refractivity contribution in [3.63, 3.8) is 0 Å². The van der Waals surface area contributed by atoms with Crippen molar-refractivity contribution in [2.24, 2.45) is 0 Å². The number of carbonyl (C=O) groups is 1. The van der Waals surface area contributed by atoms with E-state index in [0.29, 0.717) is 19.5 Å². The molecule has 1 fully saturated rings. The van der Waals surface area contributed by atoms with Crippen LogP contribution in [-0.4, -0.2) is 46.5 Å². The molecule has 156 valence electrons. The Kier molecular flexibility index (Phi) is 6.86. The van der Waals surface area contributed by atoms with Gasteiger partial charge in [0.25, 0.3) is 0 Å². The number of amides is 2. The number of aromatic nitrogens is 2. The lowest BCUT2D eigenvalue weighted by molar-refractivity contribution is 0.215. The summed E-state index contributed by atoms with van der Waals surface area (Å²) in [6.07, 6.45) is 1.57. The molecule has 30 heavy (non-hydrogen) atoms. The van der Waals surface area contributed by atoms with Gasteiger partial charge in [-0.2, -0.15) is 4.37 Å². The average Bonchev–Trinajstić information content (AvgIpc) is 3.06. The third-order valence-corrected chi connectivity index (χ3v) is 6.66. The Morgan fingerprint density at radius 2 is 1.90 bits per heavy atom. The molecule has 0 aliphatic carbocycles. The van der Waals surface area contributed by atoms with Crippen molar-refractivity contribution in [3.8, 4) is 0 Å². The first kappa shape index (κ1) is 21.1. The molecule has 6 nitrogen and oxygen atoms in total. The third-order valence-electron chi connectivity index (χ3n) is 4.90. The van der Waals surface area contributed by atoms with E-state index in [1.165, 1.54) is 11.5 Å². The molecule has 0 radical (unpaired) electrons. The monoisotopic (exact) mass is 505 g/mol. The zero-order valence-electron chi connectivity index (χ0n) is 16.2. The molecule has 3 aromatic rings. The Morgan fingerprint density at radius 3 is 2.70 bits per heavy atom. The predicted octanol–water partition coefficient (Wildman–Crippen LogP) is 5.29. The van der Waals surface area contributed by atoms with Crippen molar-refractivity contribution in [2.75, 3.05) is 36.4 Å². The van der Waals surface area contributed by atoms with Gasteiger partial charge >= 0.3 is 6.03 Å². The second-order valence-corrected chi connectivity index (χ2v) is 9.06. The molecule has 1 aromatic heterocycles. The number of anilines is 2. The largest absolute Gasteiger partial charge is 0.345 e. The molecule has 0 saturated carbocycles. The van der Waals surface area contributed by atoms with Gasteiger partial charge < -0.3 is 15.1 Å². The van der Waals surface area contributed by atoms with Gasteiger partial charge in [-0.1, -0.05) is 35.9 Å². The second-order valence-electron chi connectivity index (χ2n) is 7.03. The zero-order valence-corrected chi connectivity index (χ0v) is 19.4. The van der Waals surface area contributed by atoms with E-state index in [1.54, 1.807) is 0 Å². The minimum Gasteiger partial charge on any atom is -0.345 e. The van der Waals surface area contributed by atoms with Crippen molar-refractivity contribution in [3.05, 3.63) is 69.4 Å². The van der Waals surface area contributed by atoms with Crippen LogP contribution in [0.2, 0.25) is 5.02 Å². The van der Waals surface area contributed by atoms with Crippen LogP contribution < -0.4 is 10.2 Å². The topological polar surface area (TPSA) is 61.4 Å². The van der Waals surface area contributed by atoms with Gasteiger partial charge in [0.15, 0.2) is 0 Å². The van der Waals surface area contributed by atoms with Crippen molar-refractivity contribution in [1.82, 2.24) is 14.3 Å². The lowest BCUT2D eigenvalue weighted by atomic mass is 10.1. The van der Waals surface area contributed by atoms with Crippen LogP contribution in [-0.2, 0) is 6.42 Å². The number of hydrogen-bond donors (Lipinski definition) is 1. The maximum atomic E-state index is 12.7. The van der Waals surface area contributed by atoms with Crippen LogP contribution in [0.3, 0.4) is 0 Å². The summed E-state index contributed by atoms with van der Waals surface area (Å²) in [6, 6.07) is 15.3. The first-order chi connectivity index (χ1) is 14.6. The quantitative estimate of drug-likeness (QED) is 0.522. The standard InChI is InChI=1S/C21H21BrClN5OS/c22-17-4-1-2-5-18(17)24-20(29)27-10-3-11-28(13-12-27)21-25-19(26-30-21)14-15-6-8-16(23)9-7-15/h1-2,4-9H,3,10-14H2,(H,24,29). The van der Waals surface area contributed by atoms with E-state index in [9.17, 15) is 4.79 Å². The van der Waals surface area contributed by atoms with Crippen LogP contribution in [0.1, 0.15) is 17.8 Å². The summed E-state index contributed by atoms with van der Waals surface area (Å²) in [5.41, 5.74) is 1.91. The summed E-state index contributed by atoms with van der Waals surface area (Å²) >= 11 is 10.8. The second kappa shape index (κ2) is 9.76. The number of halogens is 2. The molecule has 2 aromatic carbocycles. The predicted molar refractivity (Wildman–Crippen MR) is 126 cm³/mol. The van der Waals surface area contributed by atoms with Crippen LogP contribution in [0.5, 0.6) is 0 Å². The van der Waals surface area contributed by atoms with Crippen LogP contribution in [0.15, 0.2) is 53.0 Å². The van der Waals surface area contributed by atoms with Gasteiger partial charge in [0, 0.05) is 53.6 Å². The van der Waals surface area contributed by atoms with Gasteiger partial charge in [-0.05, 0) is 52.2 Å². The highest BCUT2D eigenvalue weighted by Crippen LogP contribution is 2.23. The lowest BCUT2D eigenvalue weighted by Gasteiger charge is -2.22. The average molecular weight is 507 g/mol. The van der Waals surface area contributed by atoms with Gasteiger partial charge in [-0.15, -0.1) is 0 Å². The van der Waals surface area contributed by atoms with Crippen molar-refractivity contribution >= 4 is 55.9 Å². The maximum absolute atomic E-state index is 12.7. The molecule has 1 N–H and O–H groups in total. The Hall–Kier alpha value is -2.16. The fourth-order valence-corrected chi connectivity index (χ4v) is 4.55. The van der Waals surface area contributed by atoms with Crippen LogP contribution in [0, 0.1) is 0 Å². The van der Waals surface area contributed by atoms with Gasteiger partial charge in [-0.25, -0.2) is 9.78 Å². The first-order valence-electron chi connectivity index (χ1n) is 9.71. The number of hydrogen-bond acceptors (Lipinski definition) is 5. The summed E-state index contributed by atoms with van der Waals surface area (Å²) in [5, 5.41) is 4.62. The number of urea groups is 1. The normalized spacial score (nSPS) is 14.5. The highest BCUT2D eigenvalue weighted by Gasteiger charge is 2.22. The first-order valence-corrected chi connectivity index (χ1v) is 11.7. The van der Waals surface area contributed by atoms with Crippen molar-refractivity contribution in [1.29, 1.82) is 0 Å². The number of carbonyl (C=O) groups excluding carboxylic acids is 1. The van der Waals surface area contributed by atoms with Crippen molar-refractivity contribution in [2.45, 2.75) is 12.8 Å². The SMILES string of the molecule is O=C(Nc1ccccc1Br)N1CCCN(c2nc(Cc3ccc(Cl)cc3)ns2)CC1. The molecule has 4 rings (SSSR count). The van der Waals surface area contributed by atoms with E-state index in [2.05, 4.69) is 30.5 Å². The molecule has 1 aliphatic rings. The fourth-order valence-electron chi connectivity index (χ4n) is 3.30. The fraction of sp³-hybridized carbons (Fsp3) is 0.286. The highest BCUT2D eigenvalue weighted by atomic mass is 79.9. The molecular weight excluding hydrogens is 486 g/mol. The van der Waals surface area contributed by atoms with Gasteiger partial charge in [0.2, 0.25) is 5.13 Å². The number of para-hydroxylation sites is 1. The molecular formula is C21H21BrClN5OS. The van der Waals surface area contributed by atoms with E-state index >= 15 is 0 Å². The van der Waals surface area contributed by atoms with Gasteiger partial charge in [0.05, 0.1) is 5.69 Å². The van der Waals surface area contributed by atoms with E-state index < -0.39 is 0 Å². The van der Waals surface area contributed by atoms with E-state index in [1.807, 2.05) is 53.4 Å². The minimum absolute atomic E-state index is 0.0792.